The standard InChI is InChI=1S/C26H31N5O4/c1-18-24(25(32)31-22-11-5-6-14-28-22)30-23(29-18)13-12-21(27)19-9-7-10-20(17-19)34-15-8-16-35-26(2,3)33-4/h5-7,9-14,17,27H,8,15-16H2,1-4H3,(H,29,30)(H,28,31,32)/b13-12-,27-21?. The molecule has 2 aromatic heterocycles. The van der Waals surface area contributed by atoms with Gasteiger partial charge in [-0.2, -0.15) is 0 Å². The van der Waals surface area contributed by atoms with Crippen molar-refractivity contribution in [3.05, 3.63) is 77.5 Å². The van der Waals surface area contributed by atoms with E-state index in [1.165, 1.54) is 0 Å². The van der Waals surface area contributed by atoms with E-state index in [9.17, 15) is 4.79 Å². The monoisotopic (exact) mass is 477 g/mol. The topological polar surface area (TPSA) is 122 Å². The molecule has 9 heteroatoms. The predicted octanol–water partition coefficient (Wildman–Crippen LogP) is 4.61. The largest absolute Gasteiger partial charge is 0.493 e. The molecule has 2 heterocycles. The summed E-state index contributed by atoms with van der Waals surface area (Å²) in [4.78, 5) is 24.0. The van der Waals surface area contributed by atoms with Crippen LogP contribution in [0.25, 0.3) is 6.08 Å². The number of ether oxygens (including phenoxy) is 3. The number of aromatic nitrogens is 3. The number of allylic oxidation sites excluding steroid dienone is 1. The van der Waals surface area contributed by atoms with E-state index in [4.69, 9.17) is 19.6 Å². The number of H-pyrrole nitrogens is 1. The summed E-state index contributed by atoms with van der Waals surface area (Å²) in [7, 11) is 1.61. The van der Waals surface area contributed by atoms with E-state index >= 15 is 0 Å². The second kappa shape index (κ2) is 12.0. The van der Waals surface area contributed by atoms with Crippen LogP contribution in [0.15, 0.2) is 54.7 Å². The summed E-state index contributed by atoms with van der Waals surface area (Å²) in [5, 5.41) is 11.1. The highest BCUT2D eigenvalue weighted by Gasteiger charge is 2.16. The Hall–Kier alpha value is -3.82. The second-order valence-corrected chi connectivity index (χ2v) is 8.19. The van der Waals surface area contributed by atoms with Gasteiger partial charge in [0.2, 0.25) is 0 Å². The van der Waals surface area contributed by atoms with E-state index in [1.807, 2.05) is 38.1 Å². The zero-order chi connectivity index (χ0) is 25.3. The number of amides is 1. The molecule has 1 amide bonds. The predicted molar refractivity (Wildman–Crippen MR) is 135 cm³/mol. The van der Waals surface area contributed by atoms with Gasteiger partial charge in [0.15, 0.2) is 5.79 Å². The van der Waals surface area contributed by atoms with Crippen LogP contribution in [0.1, 0.15) is 47.8 Å². The van der Waals surface area contributed by atoms with Gasteiger partial charge in [-0.05, 0) is 57.2 Å². The maximum Gasteiger partial charge on any atom is 0.277 e. The van der Waals surface area contributed by atoms with Gasteiger partial charge in [-0.15, -0.1) is 0 Å². The molecular weight excluding hydrogens is 446 g/mol. The van der Waals surface area contributed by atoms with Crippen molar-refractivity contribution < 1.29 is 19.0 Å². The third-order valence-corrected chi connectivity index (χ3v) is 5.08. The number of hydrogen-bond donors (Lipinski definition) is 3. The van der Waals surface area contributed by atoms with Crippen LogP contribution in [-0.4, -0.2) is 52.7 Å². The molecule has 0 atom stereocenters. The highest BCUT2D eigenvalue weighted by molar-refractivity contribution is 6.09. The van der Waals surface area contributed by atoms with Gasteiger partial charge < -0.3 is 29.9 Å². The Kier molecular flexibility index (Phi) is 8.88. The number of aryl methyl sites for hydroxylation is 1. The van der Waals surface area contributed by atoms with Crippen molar-refractivity contribution in [1.29, 1.82) is 5.41 Å². The van der Waals surface area contributed by atoms with Crippen molar-refractivity contribution in [3.8, 4) is 5.75 Å². The maximum absolute atomic E-state index is 12.5. The van der Waals surface area contributed by atoms with Crippen LogP contribution >= 0.6 is 0 Å². The normalized spacial score (nSPS) is 11.5. The Balaban J connectivity index is 1.55. The number of imidazole rings is 1. The molecule has 3 rings (SSSR count). The molecule has 0 bridgehead atoms. The van der Waals surface area contributed by atoms with E-state index in [0.29, 0.717) is 48.3 Å². The highest BCUT2D eigenvalue weighted by Crippen LogP contribution is 2.16. The minimum Gasteiger partial charge on any atom is -0.493 e. The van der Waals surface area contributed by atoms with Crippen LogP contribution in [0.5, 0.6) is 5.75 Å². The summed E-state index contributed by atoms with van der Waals surface area (Å²) in [5.74, 6) is 0.636. The Morgan fingerprint density at radius 1 is 1.20 bits per heavy atom. The van der Waals surface area contributed by atoms with Crippen LogP contribution in [0, 0.1) is 12.3 Å². The minimum atomic E-state index is -0.614. The molecule has 0 radical (unpaired) electrons. The van der Waals surface area contributed by atoms with Gasteiger partial charge in [0.05, 0.1) is 18.9 Å². The summed E-state index contributed by atoms with van der Waals surface area (Å²) in [6.45, 7) is 6.49. The Morgan fingerprint density at radius 2 is 2.03 bits per heavy atom. The molecule has 3 aromatic rings. The molecule has 9 nitrogen and oxygen atoms in total. The van der Waals surface area contributed by atoms with Crippen molar-refractivity contribution >= 4 is 23.5 Å². The number of hydrogen-bond acceptors (Lipinski definition) is 7. The minimum absolute atomic E-state index is 0.273. The van der Waals surface area contributed by atoms with E-state index in [0.717, 1.165) is 0 Å². The fraction of sp³-hybridized carbons (Fsp3) is 0.308. The van der Waals surface area contributed by atoms with Crippen LogP contribution in [0.3, 0.4) is 0 Å². The van der Waals surface area contributed by atoms with Crippen molar-refractivity contribution in [2.24, 2.45) is 0 Å². The zero-order valence-electron chi connectivity index (χ0n) is 20.4. The first-order chi connectivity index (χ1) is 16.8. The number of benzene rings is 1. The molecule has 0 aliphatic carbocycles. The lowest BCUT2D eigenvalue weighted by molar-refractivity contribution is -0.197. The van der Waals surface area contributed by atoms with E-state index in [-0.39, 0.29) is 17.3 Å². The van der Waals surface area contributed by atoms with Crippen LogP contribution in [0.2, 0.25) is 0 Å². The van der Waals surface area contributed by atoms with Gasteiger partial charge in [-0.1, -0.05) is 18.2 Å². The summed E-state index contributed by atoms with van der Waals surface area (Å²) < 4.78 is 16.6. The van der Waals surface area contributed by atoms with Crippen molar-refractivity contribution in [2.45, 2.75) is 33.0 Å². The molecule has 0 fully saturated rings. The summed E-state index contributed by atoms with van der Waals surface area (Å²) >= 11 is 0. The van der Waals surface area contributed by atoms with Crippen LogP contribution in [-0.2, 0) is 9.47 Å². The molecular formula is C26H31N5O4. The molecule has 0 unspecified atom stereocenters. The zero-order valence-corrected chi connectivity index (χ0v) is 20.4. The third-order valence-electron chi connectivity index (χ3n) is 5.08. The number of nitrogens with zero attached hydrogens (tertiary/aromatic N) is 2. The van der Waals surface area contributed by atoms with Gasteiger partial charge in [-0.3, -0.25) is 4.79 Å². The second-order valence-electron chi connectivity index (χ2n) is 8.19. The molecule has 0 spiro atoms. The number of pyridine rings is 1. The lowest BCUT2D eigenvalue weighted by Gasteiger charge is -2.23. The average Bonchev–Trinajstić information content (AvgIpc) is 3.23. The fourth-order valence-corrected chi connectivity index (χ4v) is 3.03. The summed E-state index contributed by atoms with van der Waals surface area (Å²) in [5.41, 5.74) is 1.88. The van der Waals surface area contributed by atoms with Gasteiger partial charge in [0, 0.05) is 31.0 Å². The van der Waals surface area contributed by atoms with E-state index < -0.39 is 5.79 Å². The molecule has 35 heavy (non-hydrogen) atoms. The quantitative estimate of drug-likeness (QED) is 0.199. The number of anilines is 1. The number of carbonyl (C=O) groups is 1. The number of rotatable bonds is 12. The van der Waals surface area contributed by atoms with E-state index in [2.05, 4.69) is 20.3 Å². The number of aromatic amines is 1. The van der Waals surface area contributed by atoms with Crippen molar-refractivity contribution in [3.63, 3.8) is 0 Å². The maximum atomic E-state index is 12.5. The number of nitrogens with one attached hydrogen (secondary N) is 3. The SMILES string of the molecule is COC(C)(C)OCCCOc1cccc(C(=N)/C=C\c2nc(C(=O)Nc3ccccn3)c(C)[nH]2)c1. The lowest BCUT2D eigenvalue weighted by atomic mass is 10.1. The lowest BCUT2D eigenvalue weighted by Crippen LogP contribution is -2.27. The summed E-state index contributed by atoms with van der Waals surface area (Å²) in [6.07, 6.45) is 5.60. The van der Waals surface area contributed by atoms with Crippen molar-refractivity contribution in [1.82, 2.24) is 15.0 Å². The first-order valence-corrected chi connectivity index (χ1v) is 11.3. The third kappa shape index (κ3) is 7.87. The first-order valence-electron chi connectivity index (χ1n) is 11.3. The molecule has 1 aromatic carbocycles. The number of methoxy groups -OCH3 is 1. The first kappa shape index (κ1) is 25.8. The highest BCUT2D eigenvalue weighted by atomic mass is 16.7. The van der Waals surface area contributed by atoms with E-state index in [1.54, 1.807) is 50.6 Å². The fourth-order valence-electron chi connectivity index (χ4n) is 3.03. The molecule has 184 valence electrons. The molecule has 0 aliphatic heterocycles. The van der Waals surface area contributed by atoms with Crippen LogP contribution in [0.4, 0.5) is 5.82 Å². The molecule has 0 saturated heterocycles. The Bertz CT molecular complexity index is 1170. The summed E-state index contributed by atoms with van der Waals surface area (Å²) in [6, 6.07) is 12.6. The van der Waals surface area contributed by atoms with Gasteiger partial charge >= 0.3 is 0 Å². The molecule has 0 saturated carbocycles. The van der Waals surface area contributed by atoms with Gasteiger partial charge in [-0.25, -0.2) is 9.97 Å². The van der Waals surface area contributed by atoms with Gasteiger partial charge in [0.1, 0.15) is 23.1 Å². The smallest absolute Gasteiger partial charge is 0.277 e. The Labute approximate surface area is 205 Å². The van der Waals surface area contributed by atoms with Crippen molar-refractivity contribution in [2.75, 3.05) is 25.6 Å². The van der Waals surface area contributed by atoms with Crippen LogP contribution < -0.4 is 10.1 Å². The van der Waals surface area contributed by atoms with Gasteiger partial charge in [0.25, 0.3) is 5.91 Å². The molecule has 3 N–H and O–H groups in total. The number of carbonyl (C=O) groups excluding carboxylic acids is 1. The average molecular weight is 478 g/mol. The Morgan fingerprint density at radius 3 is 2.77 bits per heavy atom. The molecule has 0 aliphatic rings.